The van der Waals surface area contributed by atoms with E-state index in [1.54, 1.807) is 0 Å². The highest BCUT2D eigenvalue weighted by atomic mass is 79.9. The number of nitro benzene ring substituents is 3. The lowest BCUT2D eigenvalue weighted by atomic mass is 10.0. The van der Waals surface area contributed by atoms with Gasteiger partial charge in [0.15, 0.2) is 11.6 Å². The van der Waals surface area contributed by atoms with Crippen molar-refractivity contribution in [1.82, 2.24) is 0 Å². The van der Waals surface area contributed by atoms with E-state index in [0.717, 1.165) is 12.1 Å². The van der Waals surface area contributed by atoms with Crippen molar-refractivity contribution in [2.45, 2.75) is 0 Å². The SMILES string of the molecule is NC1=Nc2c([N+](=O)[O-])cc([N+](=O)[O-])c3c(Br)cc([N+](=O)[O-])c(c23)N1. The van der Waals surface area contributed by atoms with Crippen molar-refractivity contribution in [2.24, 2.45) is 10.7 Å². The van der Waals surface area contributed by atoms with E-state index in [-0.39, 0.29) is 32.6 Å². The number of nitrogens with one attached hydrogen (secondary N) is 1. The van der Waals surface area contributed by atoms with Crippen molar-refractivity contribution in [1.29, 1.82) is 0 Å². The average Bonchev–Trinajstić information content (AvgIpc) is 2.48. The Morgan fingerprint density at radius 2 is 1.54 bits per heavy atom. The van der Waals surface area contributed by atoms with Crippen LogP contribution < -0.4 is 11.1 Å². The predicted octanol–water partition coefficient (Wildman–Crippen LogP) is 2.70. The number of guanidine groups is 1. The molecule has 0 saturated heterocycles. The molecule has 0 aliphatic carbocycles. The van der Waals surface area contributed by atoms with Crippen molar-refractivity contribution in [3.8, 4) is 0 Å². The summed E-state index contributed by atoms with van der Waals surface area (Å²) >= 11 is 3.05. The van der Waals surface area contributed by atoms with Crippen molar-refractivity contribution >= 4 is 61.1 Å². The van der Waals surface area contributed by atoms with Crippen LogP contribution in [0, 0.1) is 30.3 Å². The van der Waals surface area contributed by atoms with Gasteiger partial charge in [-0.25, -0.2) is 4.99 Å². The molecule has 12 nitrogen and oxygen atoms in total. The Morgan fingerprint density at radius 1 is 0.958 bits per heavy atom. The van der Waals surface area contributed by atoms with Crippen molar-refractivity contribution in [3.05, 3.63) is 46.9 Å². The molecule has 24 heavy (non-hydrogen) atoms. The van der Waals surface area contributed by atoms with E-state index in [0.29, 0.717) is 0 Å². The molecule has 122 valence electrons. The van der Waals surface area contributed by atoms with Crippen LogP contribution in [0.15, 0.2) is 21.6 Å². The molecule has 0 amide bonds. The summed E-state index contributed by atoms with van der Waals surface area (Å²) < 4.78 is 0.0354. The minimum Gasteiger partial charge on any atom is -0.369 e. The van der Waals surface area contributed by atoms with Gasteiger partial charge in [0.1, 0.15) is 5.69 Å². The lowest BCUT2D eigenvalue weighted by Gasteiger charge is -2.17. The van der Waals surface area contributed by atoms with Crippen LogP contribution in [-0.2, 0) is 0 Å². The van der Waals surface area contributed by atoms with Crippen molar-refractivity contribution in [3.63, 3.8) is 0 Å². The highest BCUT2D eigenvalue weighted by Crippen LogP contribution is 2.51. The summed E-state index contributed by atoms with van der Waals surface area (Å²) in [6.45, 7) is 0. The second-order valence-electron chi connectivity index (χ2n) is 4.66. The molecule has 0 radical (unpaired) electrons. The summed E-state index contributed by atoms with van der Waals surface area (Å²) in [6, 6.07) is 1.81. The smallest absolute Gasteiger partial charge is 0.302 e. The van der Waals surface area contributed by atoms with Crippen LogP contribution >= 0.6 is 15.9 Å². The molecule has 0 atom stereocenters. The Morgan fingerprint density at radius 3 is 2.08 bits per heavy atom. The summed E-state index contributed by atoms with van der Waals surface area (Å²) in [6.07, 6.45) is 0. The van der Waals surface area contributed by atoms with Crippen LogP contribution in [0.1, 0.15) is 0 Å². The highest BCUT2D eigenvalue weighted by Gasteiger charge is 2.34. The quantitative estimate of drug-likeness (QED) is 0.586. The van der Waals surface area contributed by atoms with Crippen LogP contribution in [0.4, 0.5) is 28.4 Å². The van der Waals surface area contributed by atoms with E-state index >= 15 is 0 Å². The topological polar surface area (TPSA) is 180 Å². The first-order valence-corrected chi connectivity index (χ1v) is 6.89. The summed E-state index contributed by atoms with van der Waals surface area (Å²) in [7, 11) is 0. The standard InChI is InChI=1S/C11H5BrN6O6/c12-3-1-5(17(21)22)9-8-7(3)4(16(19)20)2-6(18(23)24)10(8)15-11(13)14-9/h1-2H,(H3,13,14,15). The summed E-state index contributed by atoms with van der Waals surface area (Å²) in [5, 5.41) is 36.1. The Labute approximate surface area is 139 Å². The number of rotatable bonds is 3. The van der Waals surface area contributed by atoms with Crippen LogP contribution in [-0.4, -0.2) is 20.7 Å². The molecule has 13 heteroatoms. The molecule has 2 aromatic rings. The van der Waals surface area contributed by atoms with Crippen LogP contribution in [0.5, 0.6) is 0 Å². The van der Waals surface area contributed by atoms with Crippen molar-refractivity contribution < 1.29 is 14.8 Å². The molecule has 0 saturated carbocycles. The maximum atomic E-state index is 11.3. The molecule has 3 rings (SSSR count). The first-order chi connectivity index (χ1) is 11.2. The number of halogens is 1. The van der Waals surface area contributed by atoms with Gasteiger partial charge >= 0.3 is 5.69 Å². The Balaban J connectivity index is 2.65. The third-order valence-electron chi connectivity index (χ3n) is 3.34. The first-order valence-electron chi connectivity index (χ1n) is 6.10. The van der Waals surface area contributed by atoms with E-state index in [4.69, 9.17) is 5.73 Å². The third-order valence-corrected chi connectivity index (χ3v) is 3.97. The first kappa shape index (κ1) is 15.5. The Kier molecular flexibility index (Phi) is 3.30. The fourth-order valence-corrected chi connectivity index (χ4v) is 3.08. The number of nitro groups is 3. The van der Waals surface area contributed by atoms with E-state index in [2.05, 4.69) is 26.2 Å². The molecule has 1 aliphatic rings. The number of nitrogens with two attached hydrogens (primary N) is 1. The molecule has 0 spiro atoms. The molecule has 0 unspecified atom stereocenters. The van der Waals surface area contributed by atoms with Gasteiger partial charge in [-0.05, 0) is 15.9 Å². The normalized spacial score (nSPS) is 12.5. The van der Waals surface area contributed by atoms with Crippen LogP contribution in [0.3, 0.4) is 0 Å². The van der Waals surface area contributed by atoms with E-state index in [1.807, 2.05) is 0 Å². The highest BCUT2D eigenvalue weighted by molar-refractivity contribution is 9.10. The van der Waals surface area contributed by atoms with E-state index in [1.165, 1.54) is 0 Å². The Hall–Kier alpha value is -3.35. The minimum absolute atomic E-state index is 0.0354. The largest absolute Gasteiger partial charge is 0.369 e. The number of hydrogen-bond donors (Lipinski definition) is 2. The second kappa shape index (κ2) is 5.09. The predicted molar refractivity (Wildman–Crippen MR) is 86.5 cm³/mol. The van der Waals surface area contributed by atoms with Gasteiger partial charge < -0.3 is 11.1 Å². The van der Waals surface area contributed by atoms with Crippen LogP contribution in [0.25, 0.3) is 10.8 Å². The molecule has 0 aromatic heterocycles. The monoisotopic (exact) mass is 396 g/mol. The molecule has 3 N–H and O–H groups in total. The molecular formula is C11H5BrN6O6. The maximum absolute atomic E-state index is 11.3. The van der Waals surface area contributed by atoms with Gasteiger partial charge in [-0.15, -0.1) is 0 Å². The fourth-order valence-electron chi connectivity index (χ4n) is 2.47. The van der Waals surface area contributed by atoms with Gasteiger partial charge in [-0.2, -0.15) is 0 Å². The number of non-ortho nitro benzene ring substituents is 1. The van der Waals surface area contributed by atoms with E-state index < -0.39 is 31.8 Å². The lowest BCUT2D eigenvalue weighted by Crippen LogP contribution is -2.25. The van der Waals surface area contributed by atoms with Crippen LogP contribution in [0.2, 0.25) is 0 Å². The number of aliphatic imine (C=N–C) groups is 1. The molecule has 1 heterocycles. The average molecular weight is 397 g/mol. The lowest BCUT2D eigenvalue weighted by molar-refractivity contribution is -0.392. The molecule has 0 fully saturated rings. The number of benzene rings is 2. The third kappa shape index (κ3) is 2.10. The van der Waals surface area contributed by atoms with E-state index in [9.17, 15) is 30.3 Å². The summed E-state index contributed by atoms with van der Waals surface area (Å²) in [4.78, 5) is 35.2. The Bertz CT molecular complexity index is 1000. The van der Waals surface area contributed by atoms with Gasteiger partial charge in [0.2, 0.25) is 0 Å². The number of anilines is 1. The molecule has 2 aromatic carbocycles. The minimum atomic E-state index is -0.861. The van der Waals surface area contributed by atoms with Gasteiger partial charge in [-0.3, -0.25) is 30.3 Å². The summed E-state index contributed by atoms with van der Waals surface area (Å²) in [5.41, 5.74) is 3.37. The zero-order valence-electron chi connectivity index (χ0n) is 11.3. The second-order valence-corrected chi connectivity index (χ2v) is 5.51. The van der Waals surface area contributed by atoms with Gasteiger partial charge in [0.05, 0.1) is 31.6 Å². The zero-order chi connectivity index (χ0) is 17.8. The fraction of sp³-hybridized carbons (Fsp3) is 0. The zero-order valence-corrected chi connectivity index (χ0v) is 12.9. The maximum Gasteiger partial charge on any atom is 0.302 e. The van der Waals surface area contributed by atoms with Gasteiger partial charge in [-0.1, -0.05) is 0 Å². The van der Waals surface area contributed by atoms with Gasteiger partial charge in [0, 0.05) is 10.5 Å². The molecule has 1 aliphatic heterocycles. The number of hydrogen-bond acceptors (Lipinski definition) is 9. The van der Waals surface area contributed by atoms with Gasteiger partial charge in [0.25, 0.3) is 11.4 Å². The number of nitrogens with zero attached hydrogens (tertiary/aromatic N) is 4. The molecular weight excluding hydrogens is 392 g/mol. The summed E-state index contributed by atoms with van der Waals surface area (Å²) in [5.74, 6) is -0.300. The molecule has 0 bridgehead atoms. The van der Waals surface area contributed by atoms with Crippen molar-refractivity contribution in [2.75, 3.05) is 5.32 Å².